The first kappa shape index (κ1) is 29.1. The van der Waals surface area contributed by atoms with Crippen LogP contribution in [0.25, 0.3) is 0 Å². The maximum absolute atomic E-state index is 13.3. The van der Waals surface area contributed by atoms with Gasteiger partial charge in [0.05, 0.1) is 11.9 Å². The van der Waals surface area contributed by atoms with E-state index in [1.807, 2.05) is 38.1 Å². The maximum Gasteiger partial charge on any atom is 0.242 e. The third-order valence-electron chi connectivity index (χ3n) is 5.70. The van der Waals surface area contributed by atoms with Gasteiger partial charge in [-0.3, -0.25) is 13.9 Å². The van der Waals surface area contributed by atoms with E-state index in [0.29, 0.717) is 17.1 Å². The first-order valence-corrected chi connectivity index (χ1v) is 14.5. The van der Waals surface area contributed by atoms with E-state index in [2.05, 4.69) is 21.2 Å². The van der Waals surface area contributed by atoms with Crippen LogP contribution in [0.2, 0.25) is 5.02 Å². The molecule has 10 heteroatoms. The van der Waals surface area contributed by atoms with E-state index in [4.69, 9.17) is 11.6 Å². The van der Waals surface area contributed by atoms with Crippen LogP contribution in [0.1, 0.15) is 45.6 Å². The average Bonchev–Trinajstić information content (AvgIpc) is 2.80. The summed E-state index contributed by atoms with van der Waals surface area (Å²) in [5, 5.41) is 3.45. The molecule has 0 aliphatic rings. The largest absolute Gasteiger partial charge is 0.352 e. The molecule has 2 rings (SSSR count). The Morgan fingerprint density at radius 1 is 1.06 bits per heavy atom. The topological polar surface area (TPSA) is 86.8 Å². The van der Waals surface area contributed by atoms with Crippen LogP contribution in [0.4, 0.5) is 5.69 Å². The molecule has 0 radical (unpaired) electrons. The predicted octanol–water partition coefficient (Wildman–Crippen LogP) is 4.98. The van der Waals surface area contributed by atoms with Crippen molar-refractivity contribution in [3.63, 3.8) is 0 Å². The molecule has 0 aliphatic carbocycles. The third-order valence-corrected chi connectivity index (χ3v) is 7.68. The second-order valence-electron chi connectivity index (χ2n) is 8.56. The number of hydrogen-bond donors (Lipinski definition) is 1. The highest BCUT2D eigenvalue weighted by molar-refractivity contribution is 9.10. The Labute approximate surface area is 222 Å². The zero-order valence-electron chi connectivity index (χ0n) is 20.5. The summed E-state index contributed by atoms with van der Waals surface area (Å²) in [5.74, 6) is -0.437. The summed E-state index contributed by atoms with van der Waals surface area (Å²) in [4.78, 5) is 27.6. The van der Waals surface area contributed by atoms with Crippen molar-refractivity contribution in [3.8, 4) is 0 Å². The number of sulfonamides is 1. The Morgan fingerprint density at radius 3 is 2.20 bits per heavy atom. The molecular formula is C25H33BrClN3O4S. The summed E-state index contributed by atoms with van der Waals surface area (Å²) < 4.78 is 26.9. The molecule has 0 saturated carbocycles. The number of carbonyl (C=O) groups excluding carboxylic acids is 2. The van der Waals surface area contributed by atoms with Crippen LogP contribution in [-0.2, 0) is 26.2 Å². The lowest BCUT2D eigenvalue weighted by Crippen LogP contribution is -2.49. The molecule has 0 fully saturated rings. The van der Waals surface area contributed by atoms with Crippen molar-refractivity contribution in [1.82, 2.24) is 10.2 Å². The molecule has 0 heterocycles. The molecular weight excluding hydrogens is 554 g/mol. The second-order valence-corrected chi connectivity index (χ2v) is 11.8. The fraction of sp³-hybridized carbons (Fsp3) is 0.440. The minimum atomic E-state index is -3.55. The van der Waals surface area contributed by atoms with Crippen molar-refractivity contribution in [2.75, 3.05) is 17.1 Å². The van der Waals surface area contributed by atoms with Crippen LogP contribution < -0.4 is 9.62 Å². The van der Waals surface area contributed by atoms with Crippen molar-refractivity contribution in [3.05, 3.63) is 63.6 Å². The minimum Gasteiger partial charge on any atom is -0.352 e. The number of amides is 2. The number of carbonyl (C=O) groups is 2. The lowest BCUT2D eigenvalue weighted by Gasteiger charge is -2.30. The Hall–Kier alpha value is -2.10. The van der Waals surface area contributed by atoms with Crippen LogP contribution >= 0.6 is 27.5 Å². The highest BCUT2D eigenvalue weighted by Crippen LogP contribution is 2.22. The Balaban J connectivity index is 2.15. The van der Waals surface area contributed by atoms with Gasteiger partial charge in [-0.2, -0.15) is 0 Å². The van der Waals surface area contributed by atoms with Crippen LogP contribution in [0.3, 0.4) is 0 Å². The molecule has 2 atom stereocenters. The van der Waals surface area contributed by atoms with Gasteiger partial charge in [-0.05, 0) is 68.7 Å². The highest BCUT2D eigenvalue weighted by atomic mass is 79.9. The number of hydrogen-bond acceptors (Lipinski definition) is 4. The SMILES string of the molecule is CC[C@@H](C)NC(=O)[C@H](C)N(Cc1ccc(Br)cc1)C(=O)CCCN(c1ccc(Cl)cc1)S(C)(=O)=O. The Bertz CT molecular complexity index is 1090. The fourth-order valence-electron chi connectivity index (χ4n) is 3.45. The molecule has 2 aromatic carbocycles. The molecule has 0 aromatic heterocycles. The average molecular weight is 587 g/mol. The van der Waals surface area contributed by atoms with Gasteiger partial charge in [0.25, 0.3) is 0 Å². The number of nitrogens with zero attached hydrogens (tertiary/aromatic N) is 2. The molecule has 0 bridgehead atoms. The van der Waals surface area contributed by atoms with Gasteiger partial charge >= 0.3 is 0 Å². The van der Waals surface area contributed by atoms with Gasteiger partial charge in [0, 0.05) is 35.0 Å². The Kier molecular flexibility index (Phi) is 11.0. The van der Waals surface area contributed by atoms with E-state index in [0.717, 1.165) is 22.7 Å². The van der Waals surface area contributed by atoms with Crippen molar-refractivity contribution in [2.24, 2.45) is 0 Å². The van der Waals surface area contributed by atoms with Crippen LogP contribution in [-0.4, -0.2) is 50.0 Å². The summed E-state index contributed by atoms with van der Waals surface area (Å²) in [6, 6.07) is 13.4. The zero-order chi connectivity index (χ0) is 26.2. The summed E-state index contributed by atoms with van der Waals surface area (Å²) >= 11 is 9.34. The molecule has 0 saturated heterocycles. The van der Waals surface area contributed by atoms with E-state index >= 15 is 0 Å². The first-order chi connectivity index (χ1) is 16.4. The summed E-state index contributed by atoms with van der Waals surface area (Å²) in [6.07, 6.45) is 2.30. The van der Waals surface area contributed by atoms with Crippen molar-refractivity contribution in [1.29, 1.82) is 0 Å². The van der Waals surface area contributed by atoms with E-state index in [1.165, 1.54) is 4.31 Å². The van der Waals surface area contributed by atoms with Gasteiger partial charge in [-0.1, -0.05) is 46.6 Å². The predicted molar refractivity (Wildman–Crippen MR) is 145 cm³/mol. The molecule has 0 unspecified atom stereocenters. The van der Waals surface area contributed by atoms with Gasteiger partial charge in [0.2, 0.25) is 21.8 Å². The summed E-state index contributed by atoms with van der Waals surface area (Å²) in [5.41, 5.74) is 1.38. The maximum atomic E-state index is 13.3. The number of rotatable bonds is 12. The van der Waals surface area contributed by atoms with Gasteiger partial charge in [0.1, 0.15) is 6.04 Å². The molecule has 0 aliphatic heterocycles. The van der Waals surface area contributed by atoms with E-state index < -0.39 is 16.1 Å². The van der Waals surface area contributed by atoms with Gasteiger partial charge in [-0.15, -0.1) is 0 Å². The molecule has 192 valence electrons. The summed E-state index contributed by atoms with van der Waals surface area (Å²) in [7, 11) is -3.55. The highest BCUT2D eigenvalue weighted by Gasteiger charge is 2.27. The van der Waals surface area contributed by atoms with Crippen LogP contribution in [0, 0.1) is 0 Å². The smallest absolute Gasteiger partial charge is 0.242 e. The molecule has 7 nitrogen and oxygen atoms in total. The minimum absolute atomic E-state index is 0.00252. The van der Waals surface area contributed by atoms with Gasteiger partial charge < -0.3 is 10.2 Å². The standard InChI is InChI=1S/C25H33BrClN3O4S/c1-5-18(2)28-25(32)19(3)29(17-20-8-10-21(26)11-9-20)24(31)7-6-16-30(35(4,33)34)23-14-12-22(27)13-15-23/h8-15,18-19H,5-7,16-17H2,1-4H3,(H,28,32)/t18-,19+/m1/s1. The number of nitrogens with one attached hydrogen (secondary N) is 1. The number of halogens is 2. The lowest BCUT2D eigenvalue weighted by atomic mass is 10.1. The normalized spacial score (nSPS) is 13.1. The van der Waals surface area contributed by atoms with E-state index in [9.17, 15) is 18.0 Å². The monoisotopic (exact) mass is 585 g/mol. The number of anilines is 1. The van der Waals surface area contributed by atoms with Crippen LogP contribution in [0.5, 0.6) is 0 Å². The quantitative estimate of drug-likeness (QED) is 0.380. The zero-order valence-corrected chi connectivity index (χ0v) is 23.7. The van der Waals surface area contributed by atoms with Crippen molar-refractivity contribution in [2.45, 2.75) is 58.7 Å². The fourth-order valence-corrected chi connectivity index (χ4v) is 4.80. The van der Waals surface area contributed by atoms with Gasteiger partial charge in [0.15, 0.2) is 0 Å². The molecule has 1 N–H and O–H groups in total. The van der Waals surface area contributed by atoms with Gasteiger partial charge in [-0.25, -0.2) is 8.42 Å². The van der Waals surface area contributed by atoms with E-state index in [1.54, 1.807) is 36.1 Å². The van der Waals surface area contributed by atoms with Crippen molar-refractivity contribution >= 4 is 55.1 Å². The molecule has 35 heavy (non-hydrogen) atoms. The Morgan fingerprint density at radius 2 is 1.66 bits per heavy atom. The van der Waals surface area contributed by atoms with Crippen molar-refractivity contribution < 1.29 is 18.0 Å². The molecule has 2 aromatic rings. The molecule has 0 spiro atoms. The number of benzene rings is 2. The summed E-state index contributed by atoms with van der Waals surface area (Å²) in [6.45, 7) is 6.02. The van der Waals surface area contributed by atoms with Crippen LogP contribution in [0.15, 0.2) is 53.0 Å². The molecule has 2 amide bonds. The second kappa shape index (κ2) is 13.3. The van der Waals surface area contributed by atoms with E-state index in [-0.39, 0.29) is 37.4 Å². The third kappa shape index (κ3) is 9.13. The first-order valence-electron chi connectivity index (χ1n) is 11.5. The lowest BCUT2D eigenvalue weighted by molar-refractivity contribution is -0.140.